The molecule has 0 saturated heterocycles. The lowest BCUT2D eigenvalue weighted by molar-refractivity contribution is 0.0847. The Morgan fingerprint density at radius 2 is 0.886 bits per heavy atom. The number of carbonyl (C=O) groups is 2. The summed E-state index contributed by atoms with van der Waals surface area (Å²) < 4.78 is 0. The van der Waals surface area contributed by atoms with Gasteiger partial charge in [-0.3, -0.25) is 44.1 Å². The fourth-order valence-corrected chi connectivity index (χ4v) is 6.09. The Labute approximate surface area is 190 Å². The van der Waals surface area contributed by atoms with Gasteiger partial charge in [-0.25, -0.2) is 0 Å². The fourth-order valence-electron chi connectivity index (χ4n) is 6.09. The minimum atomic E-state index is -0.845. The topological polar surface area (TPSA) is 146 Å². The lowest BCUT2D eigenvalue weighted by Gasteiger charge is -2.22. The number of hydrogen-bond acceptors (Lipinski definition) is 6. The van der Waals surface area contributed by atoms with Gasteiger partial charge in [-0.2, -0.15) is 0 Å². The zero-order chi connectivity index (χ0) is 23.9. The number of aromatic nitrogens is 2. The molecule has 1 aliphatic rings. The Kier molecular flexibility index (Phi) is 2.86. The molecule has 9 heteroatoms. The van der Waals surface area contributed by atoms with Crippen molar-refractivity contribution in [1.29, 1.82) is 0 Å². The predicted molar refractivity (Wildman–Crippen MR) is 131 cm³/mol. The van der Waals surface area contributed by atoms with Crippen LogP contribution in [0.5, 0.6) is 0 Å². The fraction of sp³-hybridized carbons (Fsp3) is 0. The Bertz CT molecular complexity index is 2260. The zero-order valence-corrected chi connectivity index (χ0v) is 17.4. The summed E-state index contributed by atoms with van der Waals surface area (Å²) in [5.41, 5.74) is -3.18. The standard InChI is InChI=1S/C26H9N3O6/c30-21-15-11-8-5-1-3-7-4-2-6-9(10(7)8)12-13(11)14-17(19(15)25(34)27-21)23(32)29-24(33)18(14)20-16(12)22(31)28-26(20)35/h1-6H,(H,27,30,34)(H,28,31,35)(H,29,32,33). The normalized spacial score (nSPS) is 13.9. The number of imide groups is 1. The van der Waals surface area contributed by atoms with E-state index in [1.165, 1.54) is 0 Å². The molecular formula is C26H9N3O6. The van der Waals surface area contributed by atoms with Crippen molar-refractivity contribution < 1.29 is 9.59 Å². The number of H-pyrrole nitrogens is 2. The van der Waals surface area contributed by atoms with Gasteiger partial charge in [0.15, 0.2) is 0 Å². The number of fused-ring (bicyclic) bond motifs is 8. The summed E-state index contributed by atoms with van der Waals surface area (Å²) in [5, 5.41) is 5.90. The van der Waals surface area contributed by atoms with E-state index in [1.54, 1.807) is 12.1 Å². The number of nitrogens with one attached hydrogen (secondary N) is 3. The number of carbonyl (C=O) groups excluding carboxylic acids is 2. The summed E-state index contributed by atoms with van der Waals surface area (Å²) in [4.78, 5) is 82.8. The van der Waals surface area contributed by atoms with E-state index in [-0.39, 0.29) is 38.1 Å². The van der Waals surface area contributed by atoms with Crippen LogP contribution in [0.2, 0.25) is 0 Å². The zero-order valence-electron chi connectivity index (χ0n) is 17.4. The van der Waals surface area contributed by atoms with Gasteiger partial charge in [-0.15, -0.1) is 0 Å². The van der Waals surface area contributed by atoms with E-state index >= 15 is 0 Å². The minimum absolute atomic E-state index is 0.0147. The lowest BCUT2D eigenvalue weighted by atomic mass is 9.81. The van der Waals surface area contributed by atoms with E-state index in [4.69, 9.17) is 0 Å². The summed E-state index contributed by atoms with van der Waals surface area (Å²) in [6.45, 7) is 0. The van der Waals surface area contributed by atoms with Crippen molar-refractivity contribution >= 4 is 76.4 Å². The Morgan fingerprint density at radius 1 is 0.429 bits per heavy atom. The van der Waals surface area contributed by atoms with E-state index in [2.05, 4.69) is 15.3 Å². The molecule has 0 unspecified atom stereocenters. The van der Waals surface area contributed by atoms with Gasteiger partial charge in [-0.1, -0.05) is 36.4 Å². The third kappa shape index (κ3) is 1.82. The van der Waals surface area contributed by atoms with Crippen molar-refractivity contribution in [3.05, 3.63) is 88.9 Å². The monoisotopic (exact) mass is 459 g/mol. The van der Waals surface area contributed by atoms with Gasteiger partial charge < -0.3 is 0 Å². The minimum Gasteiger partial charge on any atom is -0.288 e. The second-order valence-corrected chi connectivity index (χ2v) is 8.81. The summed E-state index contributed by atoms with van der Waals surface area (Å²) >= 11 is 0. The number of rotatable bonds is 0. The molecule has 5 aromatic carbocycles. The van der Waals surface area contributed by atoms with Gasteiger partial charge in [0.2, 0.25) is 0 Å². The van der Waals surface area contributed by atoms with Gasteiger partial charge in [0, 0.05) is 21.5 Å². The smallest absolute Gasteiger partial charge is 0.259 e. The van der Waals surface area contributed by atoms with E-state index in [0.717, 1.165) is 10.8 Å². The largest absolute Gasteiger partial charge is 0.288 e. The van der Waals surface area contributed by atoms with E-state index in [9.17, 15) is 28.8 Å². The SMILES string of the molecule is O=C1NC(=O)c2c3c1c1c(=O)[nH]c(=O)c1c1c4cccc5cccc(c54)c(c4c(=O)[nH]c(=O)c24)c31. The molecule has 7 aromatic rings. The maximum Gasteiger partial charge on any atom is 0.259 e. The van der Waals surface area contributed by atoms with Crippen LogP contribution in [0.1, 0.15) is 20.7 Å². The molecule has 3 N–H and O–H groups in total. The highest BCUT2D eigenvalue weighted by Gasteiger charge is 2.36. The molecule has 9 nitrogen and oxygen atoms in total. The summed E-state index contributed by atoms with van der Waals surface area (Å²) in [6.07, 6.45) is 0. The van der Waals surface area contributed by atoms with Crippen LogP contribution in [0.15, 0.2) is 55.6 Å². The van der Waals surface area contributed by atoms with Crippen molar-refractivity contribution in [3.8, 4) is 0 Å². The van der Waals surface area contributed by atoms with Crippen molar-refractivity contribution in [1.82, 2.24) is 15.3 Å². The third-order valence-corrected chi connectivity index (χ3v) is 7.24. The second-order valence-electron chi connectivity index (χ2n) is 8.81. The molecule has 0 spiro atoms. The maximum absolute atomic E-state index is 13.1. The van der Waals surface area contributed by atoms with E-state index in [1.807, 2.05) is 24.3 Å². The molecule has 2 aromatic heterocycles. The molecule has 8 rings (SSSR count). The van der Waals surface area contributed by atoms with Crippen molar-refractivity contribution in [2.24, 2.45) is 0 Å². The molecule has 0 aliphatic carbocycles. The van der Waals surface area contributed by atoms with E-state index < -0.39 is 34.1 Å². The van der Waals surface area contributed by atoms with Crippen molar-refractivity contribution in [2.45, 2.75) is 0 Å². The van der Waals surface area contributed by atoms with Gasteiger partial charge in [0.1, 0.15) is 0 Å². The van der Waals surface area contributed by atoms with Crippen LogP contribution in [-0.4, -0.2) is 21.8 Å². The molecule has 2 amide bonds. The molecule has 0 radical (unpaired) electrons. The van der Waals surface area contributed by atoms with Crippen LogP contribution >= 0.6 is 0 Å². The molecule has 1 aliphatic heterocycles. The highest BCUT2D eigenvalue weighted by molar-refractivity contribution is 6.48. The second kappa shape index (κ2) is 5.48. The third-order valence-electron chi connectivity index (χ3n) is 7.24. The lowest BCUT2D eigenvalue weighted by Crippen LogP contribution is -2.36. The van der Waals surface area contributed by atoms with Crippen LogP contribution in [-0.2, 0) is 0 Å². The van der Waals surface area contributed by atoms with Gasteiger partial charge in [0.05, 0.1) is 32.7 Å². The van der Waals surface area contributed by atoms with Crippen LogP contribution in [0.25, 0.3) is 64.6 Å². The average Bonchev–Trinajstić information content (AvgIpc) is 3.29. The Hall–Kier alpha value is -5.18. The number of amides is 2. The Morgan fingerprint density at radius 3 is 1.37 bits per heavy atom. The molecule has 0 bridgehead atoms. The molecule has 0 atom stereocenters. The molecule has 35 heavy (non-hydrogen) atoms. The molecule has 164 valence electrons. The predicted octanol–water partition coefficient (Wildman–Crippen LogP) is 1.90. The number of benzene rings is 5. The summed E-state index contributed by atoms with van der Waals surface area (Å²) in [6, 6.07) is 11.0. The first-order valence-corrected chi connectivity index (χ1v) is 10.7. The van der Waals surface area contributed by atoms with Crippen LogP contribution in [0.4, 0.5) is 0 Å². The molecule has 0 saturated carbocycles. The van der Waals surface area contributed by atoms with Crippen LogP contribution < -0.4 is 27.6 Å². The number of hydrogen-bond donors (Lipinski definition) is 3. The number of aromatic amines is 2. The molecule has 3 heterocycles. The van der Waals surface area contributed by atoms with Crippen molar-refractivity contribution in [3.63, 3.8) is 0 Å². The average molecular weight is 459 g/mol. The van der Waals surface area contributed by atoms with E-state index in [0.29, 0.717) is 26.9 Å². The first-order chi connectivity index (χ1) is 16.9. The van der Waals surface area contributed by atoms with Gasteiger partial charge in [0.25, 0.3) is 34.1 Å². The van der Waals surface area contributed by atoms with Crippen LogP contribution in [0.3, 0.4) is 0 Å². The summed E-state index contributed by atoms with van der Waals surface area (Å²) in [5.74, 6) is -1.69. The van der Waals surface area contributed by atoms with Gasteiger partial charge >= 0.3 is 0 Å². The molecular weight excluding hydrogens is 450 g/mol. The first-order valence-electron chi connectivity index (χ1n) is 10.7. The van der Waals surface area contributed by atoms with Gasteiger partial charge in [-0.05, 0) is 21.5 Å². The summed E-state index contributed by atoms with van der Waals surface area (Å²) in [7, 11) is 0. The van der Waals surface area contributed by atoms with Crippen LogP contribution in [0, 0.1) is 0 Å². The highest BCUT2D eigenvalue weighted by atomic mass is 16.2. The molecule has 0 fully saturated rings. The highest BCUT2D eigenvalue weighted by Crippen LogP contribution is 2.47. The first kappa shape index (κ1) is 18.3. The van der Waals surface area contributed by atoms with Crippen molar-refractivity contribution in [2.75, 3.05) is 0 Å². The Balaban J connectivity index is 2.00. The maximum atomic E-state index is 13.1. The quantitative estimate of drug-likeness (QED) is 0.179.